The molecule has 18 nitrogen and oxygen atoms in total. The molecule has 4 heterocycles. The fourth-order valence-corrected chi connectivity index (χ4v) is 8.54. The van der Waals surface area contributed by atoms with E-state index in [0.29, 0.717) is 69.2 Å². The Morgan fingerprint density at radius 2 is 1.44 bits per heavy atom. The lowest BCUT2D eigenvalue weighted by Crippen LogP contribution is -2.64. The molecule has 0 radical (unpaired) electrons. The van der Waals surface area contributed by atoms with Gasteiger partial charge in [-0.15, -0.1) is 0 Å². The van der Waals surface area contributed by atoms with Crippen molar-refractivity contribution in [3.63, 3.8) is 0 Å². The number of rotatable bonds is 19. The van der Waals surface area contributed by atoms with E-state index in [0.717, 1.165) is 58.4 Å². The fraction of sp³-hybridized carbons (Fsp3) is 0.500. The van der Waals surface area contributed by atoms with E-state index < -0.39 is 115 Å². The van der Waals surface area contributed by atoms with Gasteiger partial charge in [0.25, 0.3) is 5.91 Å². The third-order valence-electron chi connectivity index (χ3n) is 14.0. The Balaban J connectivity index is 1.32. The predicted octanol–water partition coefficient (Wildman–Crippen LogP) is 6.48. The minimum atomic E-state index is -5.27. The van der Waals surface area contributed by atoms with Crippen LogP contribution in [0.3, 0.4) is 0 Å². The van der Waals surface area contributed by atoms with Crippen LogP contribution in [-0.2, 0) is 36.8 Å². The molecule has 436 valence electrons. The number of ether oxygens (including phenoxy) is 3. The van der Waals surface area contributed by atoms with E-state index in [9.17, 15) is 59.4 Å². The summed E-state index contributed by atoms with van der Waals surface area (Å²) in [6, 6.07) is 7.77. The van der Waals surface area contributed by atoms with Gasteiger partial charge < -0.3 is 40.2 Å². The average Bonchev–Trinajstić information content (AvgIpc) is 3.90. The van der Waals surface area contributed by atoms with E-state index in [1.54, 1.807) is 12.3 Å². The van der Waals surface area contributed by atoms with E-state index >= 15 is 8.78 Å². The summed E-state index contributed by atoms with van der Waals surface area (Å²) in [6.45, 7) is 3.55. The number of amides is 4. The van der Waals surface area contributed by atoms with Gasteiger partial charge in [-0.2, -0.15) is 40.2 Å². The molecule has 2 saturated heterocycles. The number of carbonyl (C=O) groups excluding carboxylic acids is 4. The third kappa shape index (κ3) is 14.8. The number of nitrogens with one attached hydrogen (secondary N) is 4. The SMILES string of the molecule is CNC(=O)O[C@H](C(=O)NN(Cc1c(F)cc(-c2ccn(C(F)F)n2)cc1F)C[C@H](O)[C@H](Cc1ccc(C#Cc2ccc(N3CCN(C4(C)COC4)CC3)nc2)cc1)NC(=O)[C@@H](NC(=O)OC)C(C)(C)C(F)(F)F)C(C)(C)C(F)(F)F. The van der Waals surface area contributed by atoms with Gasteiger partial charge in [-0.05, 0) is 89.1 Å². The van der Waals surface area contributed by atoms with Crippen molar-refractivity contribution >= 4 is 29.8 Å². The van der Waals surface area contributed by atoms with Crippen molar-refractivity contribution in [2.24, 2.45) is 10.8 Å². The van der Waals surface area contributed by atoms with Crippen molar-refractivity contribution in [3.05, 3.63) is 101 Å². The van der Waals surface area contributed by atoms with Crippen LogP contribution < -0.4 is 26.3 Å². The first-order valence-electron chi connectivity index (χ1n) is 24.7. The van der Waals surface area contributed by atoms with E-state index in [-0.39, 0.29) is 27.0 Å². The van der Waals surface area contributed by atoms with E-state index in [2.05, 4.69) is 48.7 Å². The molecule has 0 aliphatic carbocycles. The van der Waals surface area contributed by atoms with Gasteiger partial charge in [0.1, 0.15) is 28.9 Å². The second-order valence-corrected chi connectivity index (χ2v) is 20.5. The Morgan fingerprint density at radius 3 is 1.95 bits per heavy atom. The van der Waals surface area contributed by atoms with Crippen LogP contribution in [0.25, 0.3) is 11.3 Å². The molecule has 6 rings (SSSR count). The number of piperazine rings is 1. The molecule has 2 aromatic heterocycles. The quantitative estimate of drug-likeness (QED) is 0.0388. The molecule has 2 aliphatic heterocycles. The Kier molecular flexibility index (Phi) is 19.4. The number of carbonyl (C=O) groups is 4. The van der Waals surface area contributed by atoms with Gasteiger partial charge >= 0.3 is 31.1 Å². The molecular weight excluding hydrogens is 1080 g/mol. The third-order valence-corrected chi connectivity index (χ3v) is 14.0. The number of hydrogen-bond donors (Lipinski definition) is 5. The molecule has 0 bridgehead atoms. The Labute approximate surface area is 453 Å². The maximum atomic E-state index is 16.0. The highest BCUT2D eigenvalue weighted by Crippen LogP contribution is 2.43. The maximum absolute atomic E-state index is 16.0. The van der Waals surface area contributed by atoms with Crippen molar-refractivity contribution < 1.29 is 82.4 Å². The first-order valence-corrected chi connectivity index (χ1v) is 24.7. The van der Waals surface area contributed by atoms with Gasteiger partial charge in [0, 0.05) is 81.0 Å². The van der Waals surface area contributed by atoms with Crippen LogP contribution in [0.15, 0.2) is 67.0 Å². The van der Waals surface area contributed by atoms with Gasteiger partial charge in [0.05, 0.1) is 49.1 Å². The Bertz CT molecular complexity index is 2860. The normalized spacial score (nSPS) is 16.6. The number of aliphatic hydroxyl groups excluding tert-OH is 1. The van der Waals surface area contributed by atoms with Crippen molar-refractivity contribution in [3.8, 4) is 23.1 Å². The average molecular weight is 1140 g/mol. The monoisotopic (exact) mass is 1140 g/mol. The van der Waals surface area contributed by atoms with Crippen LogP contribution in [0.5, 0.6) is 0 Å². The molecule has 4 aromatic rings. The van der Waals surface area contributed by atoms with Gasteiger partial charge in [-0.3, -0.25) is 19.9 Å². The molecule has 0 saturated carbocycles. The van der Waals surface area contributed by atoms with E-state index in [4.69, 9.17) is 9.47 Å². The number of methoxy groups -OCH3 is 1. The molecule has 0 unspecified atom stereocenters. The van der Waals surface area contributed by atoms with Gasteiger partial charge in [-0.25, -0.2) is 33.0 Å². The smallest absolute Gasteiger partial charge is 0.407 e. The van der Waals surface area contributed by atoms with Crippen LogP contribution in [0.1, 0.15) is 63.4 Å². The van der Waals surface area contributed by atoms with Crippen molar-refractivity contribution in [2.75, 3.05) is 65.0 Å². The Hall–Kier alpha value is -7.22. The number of aromatic nitrogens is 3. The Morgan fingerprint density at radius 1 is 0.838 bits per heavy atom. The van der Waals surface area contributed by atoms with E-state index in [1.807, 2.05) is 22.1 Å². The number of nitrogens with zero attached hydrogens (tertiary/aromatic N) is 6. The number of anilines is 1. The molecule has 4 atom stereocenters. The van der Waals surface area contributed by atoms with Gasteiger partial charge in [0.2, 0.25) is 5.91 Å². The number of benzene rings is 2. The lowest BCUT2D eigenvalue weighted by molar-refractivity contribution is -0.239. The minimum Gasteiger partial charge on any atom is -0.453 e. The summed E-state index contributed by atoms with van der Waals surface area (Å²) >= 11 is 0. The highest BCUT2D eigenvalue weighted by Gasteiger charge is 2.58. The zero-order valence-corrected chi connectivity index (χ0v) is 44.4. The largest absolute Gasteiger partial charge is 0.453 e. The minimum absolute atomic E-state index is 0.0358. The van der Waals surface area contributed by atoms with Crippen molar-refractivity contribution in [2.45, 2.75) is 96.3 Å². The second kappa shape index (κ2) is 25.1. The van der Waals surface area contributed by atoms with Crippen molar-refractivity contribution in [1.29, 1.82) is 0 Å². The molecular formula is C52H60F10N10O8. The molecule has 5 N–H and O–H groups in total. The summed E-state index contributed by atoms with van der Waals surface area (Å²) < 4.78 is 161. The molecule has 4 amide bonds. The summed E-state index contributed by atoms with van der Waals surface area (Å²) in [5.74, 6) is 0.605. The maximum Gasteiger partial charge on any atom is 0.407 e. The standard InChI is InChI=1S/C52H60F10N10O8/c1-48(2,51(57,58)59)41(66-47(77)78-7)43(74)65-38(22-31-11-8-30(9-12-31)10-13-32-14-15-40(64-25-32)69-18-20-70(21-19-69)50(5)28-79-29-50)39(73)27-71(68-44(75)42(80-46(76)63-6)49(3,4)52(60,61)62)26-34-35(53)23-33(24-36(34)54)37-16-17-72(67-37)45(55)56/h8-9,11-12,14-17,23-25,38-39,41-42,45,73H,18-22,26-29H2,1-7H3,(H,63,76)(H,65,74)(H,66,77)(H,68,75)/t38-,39-,41+,42+/m0/s1. The number of hydrogen-bond acceptors (Lipinski definition) is 13. The van der Waals surface area contributed by atoms with Crippen molar-refractivity contribution in [1.82, 2.24) is 46.0 Å². The van der Waals surface area contributed by atoms with Crippen LogP contribution in [0.4, 0.5) is 59.3 Å². The number of alkyl halides is 8. The molecule has 28 heteroatoms. The van der Waals surface area contributed by atoms with Gasteiger partial charge in [0.15, 0.2) is 6.10 Å². The summed E-state index contributed by atoms with van der Waals surface area (Å²) in [5, 5.41) is 22.1. The molecule has 80 heavy (non-hydrogen) atoms. The lowest BCUT2D eigenvalue weighted by Gasteiger charge is -2.50. The predicted molar refractivity (Wildman–Crippen MR) is 267 cm³/mol. The number of alkyl carbamates (subject to hydrolysis) is 2. The van der Waals surface area contributed by atoms with Crippen LogP contribution in [-0.4, -0.2) is 156 Å². The van der Waals surface area contributed by atoms with E-state index in [1.165, 1.54) is 24.3 Å². The van der Waals surface area contributed by atoms with Crippen LogP contribution in [0.2, 0.25) is 0 Å². The summed E-state index contributed by atoms with van der Waals surface area (Å²) in [4.78, 5) is 61.9. The first kappa shape index (κ1) is 62.0. The molecule has 2 aliphatic rings. The highest BCUT2D eigenvalue weighted by atomic mass is 19.4. The summed E-state index contributed by atoms with van der Waals surface area (Å²) in [5.41, 5.74) is -4.54. The zero-order chi connectivity index (χ0) is 59.1. The number of pyridine rings is 1. The molecule has 2 aromatic carbocycles. The zero-order valence-electron chi connectivity index (χ0n) is 44.4. The first-order chi connectivity index (χ1) is 37.4. The highest BCUT2D eigenvalue weighted by molar-refractivity contribution is 5.87. The molecule has 0 spiro atoms. The number of aliphatic hydroxyl groups is 1. The lowest BCUT2D eigenvalue weighted by atomic mass is 9.82. The summed E-state index contributed by atoms with van der Waals surface area (Å²) in [7, 11) is 1.79. The van der Waals surface area contributed by atoms with Crippen LogP contribution >= 0.6 is 0 Å². The molecule has 2 fully saturated rings. The van der Waals surface area contributed by atoms with Gasteiger partial charge in [-0.1, -0.05) is 24.0 Å². The topological polar surface area (TPSA) is 205 Å². The van der Waals surface area contributed by atoms with Crippen LogP contribution in [0, 0.1) is 34.3 Å². The second-order valence-electron chi connectivity index (χ2n) is 20.5. The fourth-order valence-electron chi connectivity index (χ4n) is 8.54. The number of hydrazine groups is 1. The number of halogens is 10. The summed E-state index contributed by atoms with van der Waals surface area (Å²) in [6.07, 6.45) is -16.4.